The third kappa shape index (κ3) is 3.72. The summed E-state index contributed by atoms with van der Waals surface area (Å²) >= 11 is 4.45. The van der Waals surface area contributed by atoms with Gasteiger partial charge in [0.2, 0.25) is 0 Å². The zero-order chi connectivity index (χ0) is 19.4. The van der Waals surface area contributed by atoms with Crippen LogP contribution in [-0.4, -0.2) is 54.2 Å². The zero-order valence-electron chi connectivity index (χ0n) is 12.8. The molecule has 2 heterocycles. The Labute approximate surface area is 134 Å². The summed E-state index contributed by atoms with van der Waals surface area (Å²) in [5.41, 5.74) is -1.19. The van der Waals surface area contributed by atoms with Crippen molar-refractivity contribution in [3.05, 3.63) is 27.1 Å². The number of aliphatic hydroxyl groups excluding tert-OH is 2. The van der Waals surface area contributed by atoms with Gasteiger partial charge in [-0.2, -0.15) is 0 Å². The van der Waals surface area contributed by atoms with Crippen molar-refractivity contribution in [2.24, 2.45) is 0 Å². The normalized spacial score (nSPS) is 33.4. The molecule has 0 unspecified atom stereocenters. The van der Waals surface area contributed by atoms with E-state index in [1.54, 1.807) is 0 Å². The van der Waals surface area contributed by atoms with E-state index >= 15 is 0 Å². The topological polar surface area (TPSA) is 154 Å². The van der Waals surface area contributed by atoms with Gasteiger partial charge >= 0.3 is 13.5 Å². The number of phosphoric acid groups is 1. The van der Waals surface area contributed by atoms with Crippen LogP contribution in [-0.2, 0) is 13.8 Å². The molecule has 0 aromatic carbocycles. The van der Waals surface area contributed by atoms with Crippen molar-refractivity contribution in [1.82, 2.24) is 9.55 Å². The number of H-pyrrole nitrogens is 1. The number of alkyl halides is 1. The van der Waals surface area contributed by atoms with Gasteiger partial charge in [-0.3, -0.25) is 14.1 Å². The van der Waals surface area contributed by atoms with Crippen molar-refractivity contribution in [3.8, 4) is 0 Å². The molecule has 1 saturated heterocycles. The number of aliphatic hydroxyl groups is 2. The van der Waals surface area contributed by atoms with Gasteiger partial charge in [0, 0.05) is 0 Å². The van der Waals surface area contributed by atoms with Gasteiger partial charge in [-0.05, 0) is 0 Å². The fourth-order valence-corrected chi connectivity index (χ4v) is 2.15. The number of hydrogen-bond acceptors (Lipinski definition) is 7. The molecular weight excluding hydrogens is 365 g/mol. The molecule has 2 rings (SSSR count). The first kappa shape index (κ1) is 15.5. The Kier molecular flexibility index (Phi) is 4.11. The second-order valence-electron chi connectivity index (χ2n) is 4.42. The highest BCUT2D eigenvalue weighted by Crippen LogP contribution is 2.43. The van der Waals surface area contributed by atoms with Crippen LogP contribution in [0.25, 0.3) is 0 Å². The lowest BCUT2D eigenvalue weighted by Crippen LogP contribution is -2.42. The van der Waals surface area contributed by atoms with Gasteiger partial charge in [0.25, 0.3) is 5.85 Å². The zero-order valence-corrected chi connectivity index (χ0v) is 12.5. The lowest BCUT2D eigenvalue weighted by atomic mass is 10.1. The minimum absolute atomic E-state index is 0.244. The summed E-state index contributed by atoms with van der Waals surface area (Å²) in [7, 11) is -5.58. The average molecular weight is 378 g/mol. The number of aromatic amines is 1. The highest BCUT2D eigenvalue weighted by Gasteiger charge is 2.57. The molecule has 1 fully saturated rings. The van der Waals surface area contributed by atoms with E-state index in [1.165, 1.54) is 0 Å². The molecule has 130 valence electrons. The summed E-state index contributed by atoms with van der Waals surface area (Å²) in [5, 5.41) is 19.6. The van der Waals surface area contributed by atoms with Gasteiger partial charge in [0.05, 0.1) is 8.94 Å². The van der Waals surface area contributed by atoms with Crippen LogP contribution in [0.15, 0.2) is 11.0 Å². The number of aromatic nitrogens is 2. The Balaban J connectivity index is 2.48. The van der Waals surface area contributed by atoms with Crippen LogP contribution in [0.4, 0.5) is 8.78 Å². The van der Waals surface area contributed by atoms with Gasteiger partial charge < -0.3 is 24.7 Å². The molecular formula is C9H11F2N2O8PS. The number of hydrogen-bond donors (Lipinski definition) is 5. The Morgan fingerprint density at radius 2 is 2.22 bits per heavy atom. The Hall–Kier alpha value is -1.05. The molecule has 0 bridgehead atoms. The SMILES string of the molecule is [2H]C([2H])(OP(=O)(O)O)[C@@]1(F)O[C@@H](n2cc(F)c(=S)[nH]c2=O)[C@H](O)[C@@H]1O. The van der Waals surface area contributed by atoms with Crippen LogP contribution in [0.1, 0.15) is 8.97 Å². The van der Waals surface area contributed by atoms with Crippen LogP contribution in [0, 0.1) is 10.5 Å². The molecule has 1 aliphatic rings. The first-order chi connectivity index (χ1) is 11.2. The predicted molar refractivity (Wildman–Crippen MR) is 69.8 cm³/mol. The van der Waals surface area contributed by atoms with E-state index in [1.807, 2.05) is 4.98 Å². The summed E-state index contributed by atoms with van der Waals surface area (Å²) in [6.07, 6.45) is -6.84. The van der Waals surface area contributed by atoms with Crippen LogP contribution < -0.4 is 5.69 Å². The molecule has 10 nitrogen and oxygen atoms in total. The average Bonchev–Trinajstić information content (AvgIpc) is 2.66. The number of nitrogens with one attached hydrogen (secondary N) is 1. The molecule has 5 N–H and O–H groups in total. The maximum absolute atomic E-state index is 14.8. The summed E-state index contributed by atoms with van der Waals surface area (Å²) in [6, 6.07) is 0. The summed E-state index contributed by atoms with van der Waals surface area (Å²) in [4.78, 5) is 30.8. The van der Waals surface area contributed by atoms with Crippen molar-refractivity contribution in [3.63, 3.8) is 0 Å². The summed E-state index contributed by atoms with van der Waals surface area (Å²) < 4.78 is 61.3. The molecule has 0 aliphatic carbocycles. The molecule has 1 aromatic rings. The van der Waals surface area contributed by atoms with E-state index in [-0.39, 0.29) is 4.57 Å². The highest BCUT2D eigenvalue weighted by molar-refractivity contribution is 7.71. The number of ether oxygens (including phenoxy) is 1. The smallest absolute Gasteiger partial charge is 0.385 e. The van der Waals surface area contributed by atoms with E-state index < -0.39 is 54.8 Å². The molecule has 1 aliphatic heterocycles. The Bertz CT molecular complexity index is 846. The van der Waals surface area contributed by atoms with Gasteiger partial charge in [0.1, 0.15) is 23.4 Å². The molecule has 23 heavy (non-hydrogen) atoms. The molecule has 1 aromatic heterocycles. The minimum atomic E-state index is -5.58. The number of halogens is 2. The summed E-state index contributed by atoms with van der Waals surface area (Å²) in [6.45, 7) is -3.95. The standard InChI is InChI=1S/C9H11F2N2O8PS/c10-3-1-13(8(16)12-6(3)23)7-4(14)5(15)9(11,21-7)2-20-22(17,18)19/h1,4-5,7,14-15H,2H2,(H,12,16,23)(H2,17,18,19)/t4-,5+,7-,9-/m1/s1/i2D2. The van der Waals surface area contributed by atoms with Crippen molar-refractivity contribution in [2.75, 3.05) is 6.56 Å². The Morgan fingerprint density at radius 1 is 1.61 bits per heavy atom. The van der Waals surface area contributed by atoms with E-state index in [2.05, 4.69) is 21.5 Å². The fraction of sp³-hybridized carbons (Fsp3) is 0.556. The minimum Gasteiger partial charge on any atom is -0.385 e. The molecule has 0 spiro atoms. The van der Waals surface area contributed by atoms with E-state index in [0.717, 1.165) is 0 Å². The predicted octanol–water partition coefficient (Wildman–Crippen LogP) is -0.929. The van der Waals surface area contributed by atoms with Crippen LogP contribution in [0.3, 0.4) is 0 Å². The van der Waals surface area contributed by atoms with E-state index in [0.29, 0.717) is 6.20 Å². The molecule has 14 heteroatoms. The second-order valence-corrected chi connectivity index (χ2v) is 5.99. The van der Waals surface area contributed by atoms with E-state index in [9.17, 15) is 28.4 Å². The monoisotopic (exact) mass is 378 g/mol. The maximum Gasteiger partial charge on any atom is 0.469 e. The number of rotatable bonds is 4. The number of phosphoric ester groups is 1. The van der Waals surface area contributed by atoms with Gasteiger partial charge in [-0.25, -0.2) is 18.1 Å². The lowest BCUT2D eigenvalue weighted by Gasteiger charge is -2.22. The van der Waals surface area contributed by atoms with Gasteiger partial charge in [-0.15, -0.1) is 0 Å². The van der Waals surface area contributed by atoms with Gasteiger partial charge in [-0.1, -0.05) is 12.2 Å². The highest BCUT2D eigenvalue weighted by atomic mass is 32.1. The van der Waals surface area contributed by atoms with Crippen molar-refractivity contribution in [2.45, 2.75) is 24.3 Å². The fourth-order valence-electron chi connectivity index (χ4n) is 1.77. The molecule has 4 atom stereocenters. The first-order valence-corrected chi connectivity index (χ1v) is 7.63. The van der Waals surface area contributed by atoms with E-state index in [4.69, 9.17) is 12.5 Å². The largest absolute Gasteiger partial charge is 0.469 e. The molecule has 0 saturated carbocycles. The summed E-state index contributed by atoms with van der Waals surface area (Å²) in [5.74, 6) is -5.19. The van der Waals surface area contributed by atoms with Crippen LogP contribution in [0.5, 0.6) is 0 Å². The quantitative estimate of drug-likeness (QED) is 0.330. The number of nitrogens with zero attached hydrogens (tertiary/aromatic N) is 1. The van der Waals surface area contributed by atoms with Crippen molar-refractivity contribution >= 4 is 20.0 Å². The third-order valence-electron chi connectivity index (χ3n) is 2.79. The van der Waals surface area contributed by atoms with Crippen LogP contribution >= 0.6 is 20.0 Å². The Morgan fingerprint density at radius 3 is 2.78 bits per heavy atom. The second kappa shape index (κ2) is 6.11. The maximum atomic E-state index is 14.8. The molecule has 0 amide bonds. The van der Waals surface area contributed by atoms with Gasteiger partial charge in [0.15, 0.2) is 12.0 Å². The first-order valence-electron chi connectivity index (χ1n) is 6.70. The van der Waals surface area contributed by atoms with Crippen LogP contribution in [0.2, 0.25) is 0 Å². The lowest BCUT2D eigenvalue weighted by molar-refractivity contribution is -0.205. The third-order valence-corrected chi connectivity index (χ3v) is 3.42. The van der Waals surface area contributed by atoms with Crippen molar-refractivity contribution in [1.29, 1.82) is 0 Å². The molecule has 0 radical (unpaired) electrons. The van der Waals surface area contributed by atoms with Crippen molar-refractivity contribution < 1.29 is 45.3 Å².